The Labute approximate surface area is 120 Å². The predicted octanol–water partition coefficient (Wildman–Crippen LogP) is 2.05. The first-order valence-corrected chi connectivity index (χ1v) is 7.06. The van der Waals surface area contributed by atoms with Gasteiger partial charge in [-0.25, -0.2) is 4.98 Å². The summed E-state index contributed by atoms with van der Waals surface area (Å²) >= 11 is 0. The highest BCUT2D eigenvalue weighted by molar-refractivity contribution is 5.36. The summed E-state index contributed by atoms with van der Waals surface area (Å²) in [4.78, 5) is 4.36. The standard InChI is InChI=1S/C15H23N5/c1-4-8-20-14(17-10-18-20)9-13(19-16)15-11(2)6-5-7-12(15)3/h5-7,10,13,19H,4,8-9,16H2,1-3H3. The first-order valence-electron chi connectivity index (χ1n) is 7.06. The lowest BCUT2D eigenvalue weighted by Gasteiger charge is -2.20. The van der Waals surface area contributed by atoms with Crippen LogP contribution in [-0.2, 0) is 13.0 Å². The van der Waals surface area contributed by atoms with E-state index in [2.05, 4.69) is 54.5 Å². The summed E-state index contributed by atoms with van der Waals surface area (Å²) in [7, 11) is 0. The van der Waals surface area contributed by atoms with Gasteiger partial charge in [0, 0.05) is 13.0 Å². The van der Waals surface area contributed by atoms with Crippen LogP contribution in [0.15, 0.2) is 24.5 Å². The minimum atomic E-state index is 0.0519. The summed E-state index contributed by atoms with van der Waals surface area (Å²) in [6, 6.07) is 6.35. The zero-order chi connectivity index (χ0) is 14.5. The molecular formula is C15H23N5. The molecule has 1 aromatic heterocycles. The largest absolute Gasteiger partial charge is 0.271 e. The van der Waals surface area contributed by atoms with Gasteiger partial charge in [-0.15, -0.1) is 0 Å². The fraction of sp³-hybridized carbons (Fsp3) is 0.467. The Balaban J connectivity index is 2.27. The summed E-state index contributed by atoms with van der Waals surface area (Å²) < 4.78 is 1.96. The molecule has 3 N–H and O–H groups in total. The predicted molar refractivity (Wildman–Crippen MR) is 80.0 cm³/mol. The van der Waals surface area contributed by atoms with Gasteiger partial charge in [-0.1, -0.05) is 25.1 Å². The molecule has 1 atom stereocenters. The SMILES string of the molecule is CCCn1ncnc1CC(NN)c1c(C)cccc1C. The molecular weight excluding hydrogens is 250 g/mol. The number of nitrogens with two attached hydrogens (primary N) is 1. The highest BCUT2D eigenvalue weighted by atomic mass is 15.3. The van der Waals surface area contributed by atoms with E-state index in [0.717, 1.165) is 25.2 Å². The number of hydrazine groups is 1. The number of nitrogens with one attached hydrogen (secondary N) is 1. The molecule has 0 spiro atoms. The van der Waals surface area contributed by atoms with Gasteiger partial charge in [0.1, 0.15) is 12.2 Å². The highest BCUT2D eigenvalue weighted by Gasteiger charge is 2.18. The van der Waals surface area contributed by atoms with Crippen LogP contribution in [0.3, 0.4) is 0 Å². The van der Waals surface area contributed by atoms with Crippen molar-refractivity contribution in [3.63, 3.8) is 0 Å². The van der Waals surface area contributed by atoms with Crippen LogP contribution in [0.4, 0.5) is 0 Å². The molecule has 20 heavy (non-hydrogen) atoms. The van der Waals surface area contributed by atoms with Crippen molar-refractivity contribution in [1.29, 1.82) is 0 Å². The van der Waals surface area contributed by atoms with Crippen molar-refractivity contribution in [3.05, 3.63) is 47.0 Å². The Morgan fingerprint density at radius 1 is 1.30 bits per heavy atom. The Hall–Kier alpha value is -1.72. The van der Waals surface area contributed by atoms with Gasteiger partial charge >= 0.3 is 0 Å². The number of rotatable bonds is 6. The molecule has 0 aliphatic heterocycles. The number of hydrogen-bond donors (Lipinski definition) is 2. The Kier molecular flexibility index (Phi) is 4.87. The van der Waals surface area contributed by atoms with Crippen LogP contribution in [0, 0.1) is 13.8 Å². The molecule has 0 aliphatic carbocycles. The zero-order valence-corrected chi connectivity index (χ0v) is 12.4. The minimum Gasteiger partial charge on any atom is -0.271 e. The van der Waals surface area contributed by atoms with E-state index in [1.54, 1.807) is 6.33 Å². The monoisotopic (exact) mass is 273 g/mol. The van der Waals surface area contributed by atoms with E-state index >= 15 is 0 Å². The molecule has 1 aromatic carbocycles. The van der Waals surface area contributed by atoms with E-state index < -0.39 is 0 Å². The number of aryl methyl sites for hydroxylation is 3. The molecule has 5 nitrogen and oxygen atoms in total. The Morgan fingerprint density at radius 3 is 2.60 bits per heavy atom. The smallest absolute Gasteiger partial charge is 0.138 e. The molecule has 108 valence electrons. The molecule has 2 rings (SSSR count). The fourth-order valence-electron chi connectivity index (χ4n) is 2.65. The maximum Gasteiger partial charge on any atom is 0.138 e. The molecule has 1 unspecified atom stereocenters. The van der Waals surface area contributed by atoms with E-state index in [1.807, 2.05) is 4.68 Å². The van der Waals surface area contributed by atoms with Crippen LogP contribution in [0.1, 0.15) is 41.9 Å². The lowest BCUT2D eigenvalue weighted by molar-refractivity contribution is 0.496. The van der Waals surface area contributed by atoms with E-state index in [9.17, 15) is 0 Å². The minimum absolute atomic E-state index is 0.0519. The summed E-state index contributed by atoms with van der Waals surface area (Å²) in [5, 5.41) is 4.27. The zero-order valence-electron chi connectivity index (χ0n) is 12.4. The van der Waals surface area contributed by atoms with Crippen molar-refractivity contribution in [2.75, 3.05) is 0 Å². The summed E-state index contributed by atoms with van der Waals surface area (Å²) in [6.45, 7) is 7.25. The van der Waals surface area contributed by atoms with Crippen LogP contribution >= 0.6 is 0 Å². The lowest BCUT2D eigenvalue weighted by Crippen LogP contribution is -2.31. The molecule has 0 saturated carbocycles. The van der Waals surface area contributed by atoms with E-state index in [-0.39, 0.29) is 6.04 Å². The van der Waals surface area contributed by atoms with Gasteiger partial charge in [0.2, 0.25) is 0 Å². The number of aromatic nitrogens is 3. The van der Waals surface area contributed by atoms with E-state index in [1.165, 1.54) is 16.7 Å². The second-order valence-corrected chi connectivity index (χ2v) is 5.13. The molecule has 0 fully saturated rings. The second kappa shape index (κ2) is 6.63. The first-order chi connectivity index (χ1) is 9.67. The topological polar surface area (TPSA) is 68.8 Å². The summed E-state index contributed by atoms with van der Waals surface area (Å²) in [5.41, 5.74) is 6.67. The van der Waals surface area contributed by atoms with Crippen molar-refractivity contribution in [3.8, 4) is 0 Å². The normalized spacial score (nSPS) is 12.6. The molecule has 1 heterocycles. The van der Waals surface area contributed by atoms with Gasteiger partial charge in [-0.2, -0.15) is 5.10 Å². The molecule has 0 radical (unpaired) electrons. The van der Waals surface area contributed by atoms with Crippen molar-refractivity contribution in [2.24, 2.45) is 5.84 Å². The molecule has 0 bridgehead atoms. The molecule has 0 saturated heterocycles. The highest BCUT2D eigenvalue weighted by Crippen LogP contribution is 2.24. The van der Waals surface area contributed by atoms with Crippen molar-refractivity contribution < 1.29 is 0 Å². The number of benzene rings is 1. The van der Waals surface area contributed by atoms with Crippen LogP contribution in [0.5, 0.6) is 0 Å². The lowest BCUT2D eigenvalue weighted by atomic mass is 9.94. The average molecular weight is 273 g/mol. The number of nitrogens with zero attached hydrogens (tertiary/aromatic N) is 3. The van der Waals surface area contributed by atoms with E-state index in [4.69, 9.17) is 5.84 Å². The van der Waals surface area contributed by atoms with Gasteiger partial charge in [0.05, 0.1) is 6.04 Å². The van der Waals surface area contributed by atoms with Gasteiger partial charge in [0.25, 0.3) is 0 Å². The van der Waals surface area contributed by atoms with Crippen LogP contribution in [0.2, 0.25) is 0 Å². The van der Waals surface area contributed by atoms with Crippen LogP contribution in [0.25, 0.3) is 0 Å². The van der Waals surface area contributed by atoms with Crippen molar-refractivity contribution >= 4 is 0 Å². The first kappa shape index (κ1) is 14.7. The molecule has 2 aromatic rings. The fourth-order valence-corrected chi connectivity index (χ4v) is 2.65. The second-order valence-electron chi connectivity index (χ2n) is 5.13. The summed E-state index contributed by atoms with van der Waals surface area (Å²) in [6.07, 6.45) is 3.39. The molecule has 5 heteroatoms. The third-order valence-corrected chi connectivity index (χ3v) is 3.61. The van der Waals surface area contributed by atoms with Gasteiger partial charge < -0.3 is 0 Å². The van der Waals surface area contributed by atoms with Crippen molar-refractivity contribution in [1.82, 2.24) is 20.2 Å². The average Bonchev–Trinajstić information content (AvgIpc) is 2.85. The van der Waals surface area contributed by atoms with Crippen LogP contribution in [-0.4, -0.2) is 14.8 Å². The maximum absolute atomic E-state index is 5.78. The maximum atomic E-state index is 5.78. The Bertz CT molecular complexity index is 541. The van der Waals surface area contributed by atoms with Crippen LogP contribution < -0.4 is 11.3 Å². The Morgan fingerprint density at radius 2 is 2.00 bits per heavy atom. The quantitative estimate of drug-likeness (QED) is 0.624. The number of hydrogen-bond acceptors (Lipinski definition) is 4. The third kappa shape index (κ3) is 3.05. The van der Waals surface area contributed by atoms with Crippen molar-refractivity contribution in [2.45, 2.75) is 46.2 Å². The summed E-state index contributed by atoms with van der Waals surface area (Å²) in [5.74, 6) is 6.75. The van der Waals surface area contributed by atoms with E-state index in [0.29, 0.717) is 0 Å². The third-order valence-electron chi connectivity index (χ3n) is 3.61. The van der Waals surface area contributed by atoms with Gasteiger partial charge in [-0.3, -0.25) is 16.0 Å². The molecule has 0 aliphatic rings. The van der Waals surface area contributed by atoms with Gasteiger partial charge in [0.15, 0.2) is 0 Å². The molecule has 0 amide bonds. The van der Waals surface area contributed by atoms with Gasteiger partial charge in [-0.05, 0) is 37.0 Å².